The van der Waals surface area contributed by atoms with Crippen molar-refractivity contribution in [3.05, 3.63) is 71.0 Å². The van der Waals surface area contributed by atoms with Gasteiger partial charge in [-0.2, -0.15) is 0 Å². The molecular weight excluding hydrogens is 303 g/mol. The van der Waals surface area contributed by atoms with Crippen LogP contribution >= 0.6 is 0 Å². The Morgan fingerprint density at radius 2 is 2.08 bits per heavy atom. The minimum absolute atomic E-state index is 0.0469. The first kappa shape index (κ1) is 16.7. The van der Waals surface area contributed by atoms with Crippen molar-refractivity contribution in [2.45, 2.75) is 31.8 Å². The fraction of sp³-hybridized carbons (Fsp3) is 0.350. The number of carbonyl (C=O) groups is 1. The van der Waals surface area contributed by atoms with Gasteiger partial charge in [0, 0.05) is 5.56 Å². The molecule has 1 aliphatic carbocycles. The van der Waals surface area contributed by atoms with E-state index in [9.17, 15) is 9.18 Å². The van der Waals surface area contributed by atoms with Crippen molar-refractivity contribution in [3.8, 4) is 0 Å². The van der Waals surface area contributed by atoms with E-state index in [1.165, 1.54) is 23.3 Å². The fourth-order valence-electron chi connectivity index (χ4n) is 3.48. The van der Waals surface area contributed by atoms with E-state index in [4.69, 9.17) is 0 Å². The van der Waals surface area contributed by atoms with Crippen molar-refractivity contribution in [2.24, 2.45) is 0 Å². The molecule has 0 saturated carbocycles. The molecule has 1 aliphatic rings. The molecule has 0 heterocycles. The molecule has 3 rings (SSSR count). The Bertz CT molecular complexity index is 716. The van der Waals surface area contributed by atoms with Crippen LogP contribution in [-0.2, 0) is 17.8 Å². The van der Waals surface area contributed by atoms with E-state index >= 15 is 0 Å². The molecule has 2 aromatic rings. The molecule has 0 fully saturated rings. The number of halogens is 1. The number of aryl methyl sites for hydroxylation is 1. The van der Waals surface area contributed by atoms with Gasteiger partial charge in [-0.3, -0.25) is 4.79 Å². The molecule has 2 atom stereocenters. The Kier molecular flexibility index (Phi) is 5.26. The minimum atomic E-state index is -0.233. The van der Waals surface area contributed by atoms with Gasteiger partial charge >= 0.3 is 0 Å². The molecule has 2 aromatic carbocycles. The SMILES string of the molecule is C[NH+](CC(=O)N[C@@H]1CCCc2ccccc21)Cc1cccc(F)c1. The third kappa shape index (κ3) is 4.20. The number of benzene rings is 2. The molecule has 3 nitrogen and oxygen atoms in total. The second-order valence-electron chi connectivity index (χ2n) is 6.65. The van der Waals surface area contributed by atoms with Crippen LogP contribution in [0.4, 0.5) is 4.39 Å². The summed E-state index contributed by atoms with van der Waals surface area (Å²) in [6.45, 7) is 1.02. The Labute approximate surface area is 142 Å². The number of amides is 1. The van der Waals surface area contributed by atoms with Crippen LogP contribution < -0.4 is 10.2 Å². The summed E-state index contributed by atoms with van der Waals surface area (Å²) in [6, 6.07) is 15.0. The molecule has 0 spiro atoms. The maximum Gasteiger partial charge on any atom is 0.275 e. The minimum Gasteiger partial charge on any atom is -0.344 e. The Morgan fingerprint density at radius 1 is 1.25 bits per heavy atom. The van der Waals surface area contributed by atoms with E-state index < -0.39 is 0 Å². The van der Waals surface area contributed by atoms with Crippen molar-refractivity contribution in [3.63, 3.8) is 0 Å². The predicted molar refractivity (Wildman–Crippen MR) is 92.1 cm³/mol. The maximum absolute atomic E-state index is 13.2. The van der Waals surface area contributed by atoms with Crippen molar-refractivity contribution in [2.75, 3.05) is 13.6 Å². The first-order valence-corrected chi connectivity index (χ1v) is 8.55. The maximum atomic E-state index is 13.2. The predicted octanol–water partition coefficient (Wildman–Crippen LogP) is 2.03. The van der Waals surface area contributed by atoms with Crippen LogP contribution in [0.15, 0.2) is 48.5 Å². The second-order valence-corrected chi connectivity index (χ2v) is 6.65. The topological polar surface area (TPSA) is 33.5 Å². The number of carbonyl (C=O) groups excluding carboxylic acids is 1. The number of hydrogen-bond donors (Lipinski definition) is 2. The number of nitrogens with one attached hydrogen (secondary N) is 2. The van der Waals surface area contributed by atoms with E-state index in [1.54, 1.807) is 6.07 Å². The molecule has 0 saturated heterocycles. The van der Waals surface area contributed by atoms with Gasteiger partial charge in [-0.25, -0.2) is 4.39 Å². The number of hydrogen-bond acceptors (Lipinski definition) is 1. The standard InChI is InChI=1S/C20H23FN2O/c1-23(13-15-6-4-9-17(21)12-15)14-20(24)22-19-11-5-8-16-7-2-3-10-18(16)19/h2-4,6-7,9-10,12,19H,5,8,11,13-14H2,1H3,(H,22,24)/p+1/t19-/m1/s1. The van der Waals surface area contributed by atoms with E-state index in [0.29, 0.717) is 13.1 Å². The highest BCUT2D eigenvalue weighted by Gasteiger charge is 2.22. The number of rotatable bonds is 5. The van der Waals surface area contributed by atoms with Crippen LogP contribution in [0.25, 0.3) is 0 Å². The largest absolute Gasteiger partial charge is 0.344 e. The second kappa shape index (κ2) is 7.58. The summed E-state index contributed by atoms with van der Waals surface area (Å²) in [5, 5.41) is 3.17. The summed E-state index contributed by atoms with van der Waals surface area (Å²) in [6.07, 6.45) is 3.19. The molecule has 126 valence electrons. The normalized spacial score (nSPS) is 17.8. The quantitative estimate of drug-likeness (QED) is 0.866. The van der Waals surface area contributed by atoms with Crippen LogP contribution in [0.5, 0.6) is 0 Å². The van der Waals surface area contributed by atoms with Crippen molar-refractivity contribution in [1.82, 2.24) is 5.32 Å². The Balaban J connectivity index is 1.56. The molecule has 1 amide bonds. The number of likely N-dealkylation sites (N-methyl/N-ethyl adjacent to an activating group) is 1. The summed E-state index contributed by atoms with van der Waals surface area (Å²) in [5.41, 5.74) is 3.50. The van der Waals surface area contributed by atoms with Crippen LogP contribution in [0.1, 0.15) is 35.6 Å². The van der Waals surface area contributed by atoms with Crippen molar-refractivity contribution < 1.29 is 14.1 Å². The number of quaternary nitrogens is 1. The summed E-state index contributed by atoms with van der Waals surface area (Å²) >= 11 is 0. The zero-order chi connectivity index (χ0) is 16.9. The molecular formula is C20H24FN2O+. The average Bonchev–Trinajstić information content (AvgIpc) is 2.55. The first-order valence-electron chi connectivity index (χ1n) is 8.55. The van der Waals surface area contributed by atoms with Gasteiger partial charge in [0.2, 0.25) is 0 Å². The molecule has 4 heteroatoms. The van der Waals surface area contributed by atoms with Crippen LogP contribution in [-0.4, -0.2) is 19.5 Å². The Hall–Kier alpha value is -2.20. The van der Waals surface area contributed by atoms with E-state index in [-0.39, 0.29) is 17.8 Å². The molecule has 24 heavy (non-hydrogen) atoms. The molecule has 1 unspecified atom stereocenters. The highest BCUT2D eigenvalue weighted by atomic mass is 19.1. The van der Waals surface area contributed by atoms with Gasteiger partial charge in [-0.05, 0) is 42.5 Å². The van der Waals surface area contributed by atoms with E-state index in [1.807, 2.05) is 19.2 Å². The van der Waals surface area contributed by atoms with Gasteiger partial charge in [0.15, 0.2) is 6.54 Å². The first-order chi connectivity index (χ1) is 11.6. The monoisotopic (exact) mass is 327 g/mol. The lowest BCUT2D eigenvalue weighted by atomic mass is 9.88. The molecule has 0 bridgehead atoms. The zero-order valence-electron chi connectivity index (χ0n) is 14.0. The number of fused-ring (bicyclic) bond motifs is 1. The molecule has 0 radical (unpaired) electrons. The van der Waals surface area contributed by atoms with Crippen LogP contribution in [0, 0.1) is 5.82 Å². The highest BCUT2D eigenvalue weighted by Crippen LogP contribution is 2.29. The van der Waals surface area contributed by atoms with Gasteiger partial charge in [0.1, 0.15) is 12.4 Å². The third-order valence-corrected chi connectivity index (χ3v) is 4.56. The lowest BCUT2D eigenvalue weighted by Crippen LogP contribution is -3.08. The van der Waals surface area contributed by atoms with Gasteiger partial charge in [0.25, 0.3) is 5.91 Å². The summed E-state index contributed by atoms with van der Waals surface area (Å²) < 4.78 is 13.2. The van der Waals surface area contributed by atoms with Gasteiger partial charge in [-0.15, -0.1) is 0 Å². The highest BCUT2D eigenvalue weighted by molar-refractivity contribution is 5.77. The van der Waals surface area contributed by atoms with Crippen molar-refractivity contribution in [1.29, 1.82) is 0 Å². The van der Waals surface area contributed by atoms with Crippen LogP contribution in [0.2, 0.25) is 0 Å². The third-order valence-electron chi connectivity index (χ3n) is 4.56. The van der Waals surface area contributed by atoms with Gasteiger partial charge < -0.3 is 10.2 Å². The van der Waals surface area contributed by atoms with Crippen LogP contribution in [0.3, 0.4) is 0 Å². The molecule has 2 N–H and O–H groups in total. The Morgan fingerprint density at radius 3 is 2.92 bits per heavy atom. The molecule has 0 aromatic heterocycles. The lowest BCUT2D eigenvalue weighted by molar-refractivity contribution is -0.885. The summed E-state index contributed by atoms with van der Waals surface area (Å²) in [7, 11) is 1.96. The van der Waals surface area contributed by atoms with E-state index in [2.05, 4.69) is 23.5 Å². The lowest BCUT2D eigenvalue weighted by Gasteiger charge is -2.26. The van der Waals surface area contributed by atoms with E-state index in [0.717, 1.165) is 29.7 Å². The summed E-state index contributed by atoms with van der Waals surface area (Å²) in [5.74, 6) is -0.186. The van der Waals surface area contributed by atoms with Gasteiger partial charge in [-0.1, -0.05) is 36.4 Å². The zero-order valence-corrected chi connectivity index (χ0v) is 14.0. The van der Waals surface area contributed by atoms with Crippen molar-refractivity contribution >= 4 is 5.91 Å². The average molecular weight is 327 g/mol. The smallest absolute Gasteiger partial charge is 0.275 e. The van der Waals surface area contributed by atoms with Gasteiger partial charge in [0.05, 0.1) is 13.1 Å². The summed E-state index contributed by atoms with van der Waals surface area (Å²) in [4.78, 5) is 13.4. The fourth-order valence-corrected chi connectivity index (χ4v) is 3.48. The molecule has 0 aliphatic heterocycles.